The predicted molar refractivity (Wildman–Crippen MR) is 76.1 cm³/mol. The quantitative estimate of drug-likeness (QED) is 0.831. The van der Waals surface area contributed by atoms with Gasteiger partial charge in [-0.3, -0.25) is 0 Å². The zero-order chi connectivity index (χ0) is 14.0. The Morgan fingerprint density at radius 2 is 2.05 bits per heavy atom. The molecule has 1 aromatic carbocycles. The first-order chi connectivity index (χ1) is 9.02. The third-order valence-corrected chi connectivity index (χ3v) is 3.02. The number of aryl methyl sites for hydroxylation is 2. The number of H-pyrrole nitrogens is 1. The SMILES string of the molecule is CCOC(=O)c1cc(-c2ccc(C)cc2C)[nH]c1N. The van der Waals surface area contributed by atoms with Gasteiger partial charge in [-0.15, -0.1) is 0 Å². The second kappa shape index (κ2) is 5.18. The second-order valence-electron chi connectivity index (χ2n) is 4.55. The van der Waals surface area contributed by atoms with E-state index in [4.69, 9.17) is 10.5 Å². The molecule has 0 bridgehead atoms. The highest BCUT2D eigenvalue weighted by Crippen LogP contribution is 2.27. The Labute approximate surface area is 112 Å². The summed E-state index contributed by atoms with van der Waals surface area (Å²) in [5.41, 5.74) is 10.4. The molecule has 4 heteroatoms. The zero-order valence-corrected chi connectivity index (χ0v) is 11.4. The average Bonchev–Trinajstić information content (AvgIpc) is 2.71. The number of aromatic nitrogens is 1. The number of nitrogen functional groups attached to an aromatic ring is 1. The van der Waals surface area contributed by atoms with Crippen molar-refractivity contribution < 1.29 is 9.53 Å². The summed E-state index contributed by atoms with van der Waals surface area (Å²) in [6, 6.07) is 7.88. The molecule has 0 aliphatic rings. The van der Waals surface area contributed by atoms with E-state index in [1.165, 1.54) is 5.56 Å². The Morgan fingerprint density at radius 3 is 2.68 bits per heavy atom. The first-order valence-electron chi connectivity index (χ1n) is 6.26. The molecule has 0 saturated heterocycles. The van der Waals surface area contributed by atoms with Crippen LogP contribution < -0.4 is 5.73 Å². The third kappa shape index (κ3) is 2.62. The van der Waals surface area contributed by atoms with Gasteiger partial charge in [-0.25, -0.2) is 4.79 Å². The third-order valence-electron chi connectivity index (χ3n) is 3.02. The van der Waals surface area contributed by atoms with Gasteiger partial charge in [-0.05, 0) is 32.4 Å². The fourth-order valence-corrected chi connectivity index (χ4v) is 2.11. The van der Waals surface area contributed by atoms with Crippen LogP contribution in [0.15, 0.2) is 24.3 Å². The highest BCUT2D eigenvalue weighted by Gasteiger charge is 2.16. The molecule has 0 amide bonds. The van der Waals surface area contributed by atoms with Crippen LogP contribution in [0, 0.1) is 13.8 Å². The summed E-state index contributed by atoms with van der Waals surface area (Å²) in [7, 11) is 0. The van der Waals surface area contributed by atoms with Gasteiger partial charge in [0.1, 0.15) is 11.4 Å². The molecule has 0 aliphatic carbocycles. The number of esters is 1. The van der Waals surface area contributed by atoms with Gasteiger partial charge in [0.15, 0.2) is 0 Å². The van der Waals surface area contributed by atoms with Crippen LogP contribution in [0.5, 0.6) is 0 Å². The van der Waals surface area contributed by atoms with E-state index in [0.29, 0.717) is 18.0 Å². The number of aromatic amines is 1. The van der Waals surface area contributed by atoms with Crippen LogP contribution in [0.4, 0.5) is 5.82 Å². The van der Waals surface area contributed by atoms with Gasteiger partial charge in [0.2, 0.25) is 0 Å². The number of hydrogen-bond acceptors (Lipinski definition) is 3. The van der Waals surface area contributed by atoms with E-state index in [-0.39, 0.29) is 0 Å². The van der Waals surface area contributed by atoms with Crippen LogP contribution >= 0.6 is 0 Å². The van der Waals surface area contributed by atoms with E-state index in [1.807, 2.05) is 26.0 Å². The molecular weight excluding hydrogens is 240 g/mol. The van der Waals surface area contributed by atoms with Gasteiger partial charge in [0, 0.05) is 11.3 Å². The molecule has 0 unspecified atom stereocenters. The van der Waals surface area contributed by atoms with Gasteiger partial charge < -0.3 is 15.5 Å². The lowest BCUT2D eigenvalue weighted by Gasteiger charge is -2.04. The Hall–Kier alpha value is -2.23. The molecule has 3 N–H and O–H groups in total. The molecule has 19 heavy (non-hydrogen) atoms. The van der Waals surface area contributed by atoms with Crippen LogP contribution in [0.3, 0.4) is 0 Å². The van der Waals surface area contributed by atoms with Crippen LogP contribution in [-0.4, -0.2) is 17.6 Å². The predicted octanol–water partition coefficient (Wildman–Crippen LogP) is 3.06. The van der Waals surface area contributed by atoms with Gasteiger partial charge in [0.25, 0.3) is 0 Å². The van der Waals surface area contributed by atoms with Gasteiger partial charge in [0.05, 0.1) is 6.61 Å². The highest BCUT2D eigenvalue weighted by atomic mass is 16.5. The maximum absolute atomic E-state index is 11.7. The second-order valence-corrected chi connectivity index (χ2v) is 4.55. The smallest absolute Gasteiger partial charge is 0.341 e. The van der Waals surface area contributed by atoms with Crippen LogP contribution in [0.2, 0.25) is 0 Å². The first-order valence-corrected chi connectivity index (χ1v) is 6.26. The molecule has 2 aromatic rings. The Kier molecular flexibility index (Phi) is 3.60. The van der Waals surface area contributed by atoms with Crippen molar-refractivity contribution in [1.29, 1.82) is 0 Å². The van der Waals surface area contributed by atoms with Crippen LogP contribution in [-0.2, 0) is 4.74 Å². The summed E-state index contributed by atoms with van der Waals surface area (Å²) < 4.78 is 4.97. The molecule has 0 atom stereocenters. The molecule has 4 nitrogen and oxygen atoms in total. The fourth-order valence-electron chi connectivity index (χ4n) is 2.11. The fraction of sp³-hybridized carbons (Fsp3) is 0.267. The van der Waals surface area contributed by atoms with Crippen LogP contribution in [0.25, 0.3) is 11.3 Å². The van der Waals surface area contributed by atoms with Crippen LogP contribution in [0.1, 0.15) is 28.4 Å². The number of hydrogen-bond donors (Lipinski definition) is 2. The summed E-state index contributed by atoms with van der Waals surface area (Å²) >= 11 is 0. The van der Waals surface area contributed by atoms with E-state index in [0.717, 1.165) is 16.8 Å². The monoisotopic (exact) mass is 258 g/mol. The average molecular weight is 258 g/mol. The minimum absolute atomic E-state index is 0.336. The molecule has 2 rings (SSSR count). The molecule has 0 spiro atoms. The lowest BCUT2D eigenvalue weighted by Crippen LogP contribution is -2.05. The number of carbonyl (C=O) groups is 1. The molecule has 0 aliphatic heterocycles. The highest BCUT2D eigenvalue weighted by molar-refractivity contribution is 5.96. The van der Waals surface area contributed by atoms with E-state index in [2.05, 4.69) is 11.1 Å². The van der Waals surface area contributed by atoms with E-state index in [1.54, 1.807) is 13.0 Å². The number of anilines is 1. The number of carbonyl (C=O) groups excluding carboxylic acids is 1. The Bertz CT molecular complexity index is 615. The first kappa shape index (κ1) is 13.2. The molecule has 1 aromatic heterocycles. The molecule has 0 radical (unpaired) electrons. The number of ether oxygens (including phenoxy) is 1. The molecular formula is C15H18N2O2. The van der Waals surface area contributed by atoms with Crippen molar-refractivity contribution in [3.05, 3.63) is 41.0 Å². The standard InChI is InChI=1S/C15H18N2O2/c1-4-19-15(18)12-8-13(17-14(12)16)11-6-5-9(2)7-10(11)3/h5-8,17H,4,16H2,1-3H3. The minimum atomic E-state index is -0.396. The van der Waals surface area contributed by atoms with Gasteiger partial charge >= 0.3 is 5.97 Å². The van der Waals surface area contributed by atoms with Crippen molar-refractivity contribution >= 4 is 11.8 Å². The Balaban J connectivity index is 2.42. The number of nitrogens with two attached hydrogens (primary N) is 1. The van der Waals surface area contributed by atoms with E-state index < -0.39 is 5.97 Å². The Morgan fingerprint density at radius 1 is 1.32 bits per heavy atom. The molecule has 100 valence electrons. The van der Waals surface area contributed by atoms with Crippen molar-refractivity contribution in [2.45, 2.75) is 20.8 Å². The number of nitrogens with one attached hydrogen (secondary N) is 1. The van der Waals surface area contributed by atoms with Crippen molar-refractivity contribution in [1.82, 2.24) is 4.98 Å². The zero-order valence-electron chi connectivity index (χ0n) is 11.4. The van der Waals surface area contributed by atoms with Gasteiger partial charge in [-0.2, -0.15) is 0 Å². The normalized spacial score (nSPS) is 10.5. The topological polar surface area (TPSA) is 68.1 Å². The number of benzene rings is 1. The lowest BCUT2D eigenvalue weighted by atomic mass is 10.0. The van der Waals surface area contributed by atoms with Crippen molar-refractivity contribution in [3.8, 4) is 11.3 Å². The van der Waals surface area contributed by atoms with E-state index in [9.17, 15) is 4.79 Å². The molecule has 1 heterocycles. The summed E-state index contributed by atoms with van der Waals surface area (Å²) in [5, 5.41) is 0. The van der Waals surface area contributed by atoms with E-state index >= 15 is 0 Å². The largest absolute Gasteiger partial charge is 0.462 e. The van der Waals surface area contributed by atoms with Crippen molar-refractivity contribution in [2.24, 2.45) is 0 Å². The summed E-state index contributed by atoms with van der Waals surface area (Å²) in [4.78, 5) is 14.8. The lowest BCUT2D eigenvalue weighted by molar-refractivity contribution is 0.0528. The summed E-state index contributed by atoms with van der Waals surface area (Å²) in [6.45, 7) is 6.18. The van der Waals surface area contributed by atoms with Gasteiger partial charge in [-0.1, -0.05) is 23.8 Å². The maximum Gasteiger partial charge on any atom is 0.341 e. The van der Waals surface area contributed by atoms with Crippen molar-refractivity contribution in [3.63, 3.8) is 0 Å². The summed E-state index contributed by atoms with van der Waals surface area (Å²) in [5.74, 6) is -0.0549. The number of rotatable bonds is 3. The van der Waals surface area contributed by atoms with Crippen molar-refractivity contribution in [2.75, 3.05) is 12.3 Å². The molecule has 0 saturated carbocycles. The minimum Gasteiger partial charge on any atom is -0.462 e. The molecule has 0 fully saturated rings. The summed E-state index contributed by atoms with van der Waals surface area (Å²) in [6.07, 6.45) is 0. The maximum atomic E-state index is 11.7.